The summed E-state index contributed by atoms with van der Waals surface area (Å²) in [5, 5.41) is 3.28. The van der Waals surface area contributed by atoms with Crippen LogP contribution < -0.4 is 0 Å². The van der Waals surface area contributed by atoms with Gasteiger partial charge in [0.15, 0.2) is 0 Å². The Kier molecular flexibility index (Phi) is 6.13. The van der Waals surface area contributed by atoms with Gasteiger partial charge in [-0.15, -0.1) is 0 Å². The van der Waals surface area contributed by atoms with Crippen LogP contribution in [-0.4, -0.2) is 36.5 Å². The van der Waals surface area contributed by atoms with Crippen molar-refractivity contribution in [3.05, 3.63) is 0 Å². The van der Waals surface area contributed by atoms with Gasteiger partial charge in [-0.05, 0) is 6.92 Å². The average Bonchev–Trinajstić information content (AvgIpc) is 2.13. The summed E-state index contributed by atoms with van der Waals surface area (Å²) in [6.07, 6.45) is 0. The Hall–Kier alpha value is -0.910. The quantitative estimate of drug-likeness (QED) is 0.235. The highest BCUT2D eigenvalue weighted by molar-refractivity contribution is 9.09. The summed E-state index contributed by atoms with van der Waals surface area (Å²) in [6.45, 7) is 1.83. The summed E-state index contributed by atoms with van der Waals surface area (Å²) >= 11 is 2.91. The van der Waals surface area contributed by atoms with E-state index in [0.717, 1.165) is 0 Å². The first kappa shape index (κ1) is 12.1. The lowest BCUT2D eigenvalue weighted by atomic mass is 10.3. The molecule has 0 spiro atoms. The Morgan fingerprint density at radius 2 is 2.08 bits per heavy atom. The number of rotatable bonds is 5. The Balaban J connectivity index is 4.52. The molecule has 0 aromatic rings. The molecule has 0 aromatic carbocycles. The van der Waals surface area contributed by atoms with Gasteiger partial charge in [0.25, 0.3) is 0 Å². The van der Waals surface area contributed by atoms with Gasteiger partial charge in [-0.25, -0.2) is 4.79 Å². The molecule has 0 atom stereocenters. The van der Waals surface area contributed by atoms with Crippen molar-refractivity contribution in [2.45, 2.75) is 6.92 Å². The largest absolute Gasteiger partial charge is 0.461 e. The number of ether oxygens (including phenoxy) is 1. The highest BCUT2D eigenvalue weighted by Crippen LogP contribution is 1.92. The lowest BCUT2D eigenvalue weighted by molar-refractivity contribution is -0.135. The normalized spacial score (nSPS) is 10.8. The van der Waals surface area contributed by atoms with Gasteiger partial charge in [-0.1, -0.05) is 21.1 Å². The van der Waals surface area contributed by atoms with E-state index in [1.165, 1.54) is 7.11 Å². The Morgan fingerprint density at radius 3 is 2.46 bits per heavy atom. The third-order valence-electron chi connectivity index (χ3n) is 1.04. The van der Waals surface area contributed by atoms with Crippen LogP contribution >= 0.6 is 15.9 Å². The fourth-order valence-corrected chi connectivity index (χ4v) is 0.822. The molecule has 0 radical (unpaired) electrons. The number of hydrogen-bond acceptors (Lipinski definition) is 5. The second-order valence-electron chi connectivity index (χ2n) is 1.90. The van der Waals surface area contributed by atoms with Gasteiger partial charge in [-0.3, -0.25) is 4.79 Å². The molecule has 0 rings (SSSR count). The van der Waals surface area contributed by atoms with Crippen LogP contribution in [0.15, 0.2) is 5.16 Å². The van der Waals surface area contributed by atoms with Crippen LogP contribution in [0.25, 0.3) is 0 Å². The van der Waals surface area contributed by atoms with E-state index >= 15 is 0 Å². The molecular weight excluding hydrogens is 242 g/mol. The number of carbonyl (C=O) groups excluding carboxylic acids is 2. The van der Waals surface area contributed by atoms with Crippen molar-refractivity contribution >= 4 is 33.4 Å². The van der Waals surface area contributed by atoms with Crippen molar-refractivity contribution < 1.29 is 19.2 Å². The van der Waals surface area contributed by atoms with Crippen molar-refractivity contribution in [1.29, 1.82) is 0 Å². The number of Topliss-reactive ketones (excluding diaryl/α,β-unsaturated/α-hetero) is 1. The first-order valence-electron chi connectivity index (χ1n) is 3.54. The van der Waals surface area contributed by atoms with Crippen LogP contribution in [0.2, 0.25) is 0 Å². The molecule has 5 nitrogen and oxygen atoms in total. The first-order valence-corrected chi connectivity index (χ1v) is 4.66. The molecule has 13 heavy (non-hydrogen) atoms. The van der Waals surface area contributed by atoms with Gasteiger partial charge < -0.3 is 9.57 Å². The average molecular weight is 252 g/mol. The second-order valence-corrected chi connectivity index (χ2v) is 2.46. The molecule has 0 bridgehead atoms. The summed E-state index contributed by atoms with van der Waals surface area (Å²) < 4.78 is 4.59. The Labute approximate surface area is 84.2 Å². The smallest absolute Gasteiger partial charge is 0.364 e. The molecule has 0 aromatic heterocycles. The molecule has 0 aliphatic heterocycles. The maximum atomic E-state index is 11.1. The Bertz CT molecular complexity index is 227. The number of esters is 1. The van der Waals surface area contributed by atoms with E-state index in [4.69, 9.17) is 0 Å². The third kappa shape index (κ3) is 4.02. The van der Waals surface area contributed by atoms with E-state index in [1.807, 2.05) is 0 Å². The maximum absolute atomic E-state index is 11.1. The zero-order valence-corrected chi connectivity index (χ0v) is 8.96. The zero-order valence-electron chi connectivity index (χ0n) is 7.37. The van der Waals surface area contributed by atoms with Crippen LogP contribution in [0.5, 0.6) is 0 Å². The van der Waals surface area contributed by atoms with E-state index in [0.29, 0.717) is 0 Å². The fraction of sp³-hybridized carbons (Fsp3) is 0.571. The molecule has 0 saturated heterocycles. The summed E-state index contributed by atoms with van der Waals surface area (Å²) in [7, 11) is 1.25. The molecule has 6 heteroatoms. The van der Waals surface area contributed by atoms with Crippen LogP contribution in [0.4, 0.5) is 0 Å². The van der Waals surface area contributed by atoms with Gasteiger partial charge in [0, 0.05) is 0 Å². The first-order chi connectivity index (χ1) is 6.17. The zero-order chi connectivity index (χ0) is 10.3. The SMILES string of the molecule is CCOC(=O)/C(=N/OC)C(=O)CBr. The van der Waals surface area contributed by atoms with Gasteiger partial charge >= 0.3 is 5.97 Å². The molecule has 0 heterocycles. The lowest BCUT2D eigenvalue weighted by Crippen LogP contribution is -2.27. The molecular formula is C7H10BrNO4. The van der Waals surface area contributed by atoms with Crippen molar-refractivity contribution in [2.75, 3.05) is 19.0 Å². The molecule has 0 aliphatic carbocycles. The number of halogens is 1. The molecule has 74 valence electrons. The minimum Gasteiger partial charge on any atom is -0.461 e. The van der Waals surface area contributed by atoms with Gasteiger partial charge in [0.2, 0.25) is 11.5 Å². The van der Waals surface area contributed by atoms with Gasteiger partial charge in [-0.2, -0.15) is 0 Å². The van der Waals surface area contributed by atoms with E-state index in [1.54, 1.807) is 6.92 Å². The van der Waals surface area contributed by atoms with Gasteiger partial charge in [0.1, 0.15) is 7.11 Å². The summed E-state index contributed by atoms with van der Waals surface area (Å²) in [4.78, 5) is 26.5. The molecule has 0 aliphatic rings. The van der Waals surface area contributed by atoms with Crippen LogP contribution in [0, 0.1) is 0 Å². The van der Waals surface area contributed by atoms with Crippen LogP contribution in [0.1, 0.15) is 6.92 Å². The van der Waals surface area contributed by atoms with Crippen LogP contribution in [0.3, 0.4) is 0 Å². The van der Waals surface area contributed by atoms with E-state index < -0.39 is 11.8 Å². The van der Waals surface area contributed by atoms with Crippen molar-refractivity contribution in [3.8, 4) is 0 Å². The van der Waals surface area contributed by atoms with E-state index in [2.05, 4.69) is 30.7 Å². The highest BCUT2D eigenvalue weighted by atomic mass is 79.9. The number of hydrogen-bond donors (Lipinski definition) is 0. The fourth-order valence-electron chi connectivity index (χ4n) is 0.556. The number of alkyl halides is 1. The molecule has 0 fully saturated rings. The predicted molar refractivity (Wildman–Crippen MR) is 49.9 cm³/mol. The standard InChI is InChI=1S/C7H10BrNO4/c1-3-13-7(11)6(9-12-2)5(10)4-8/h3-4H2,1-2H3/b9-6+. The maximum Gasteiger partial charge on any atom is 0.364 e. The minimum absolute atomic E-state index is 0.00794. The molecule has 0 unspecified atom stereocenters. The number of carbonyl (C=O) groups is 2. The number of ketones is 1. The number of oxime groups is 1. The highest BCUT2D eigenvalue weighted by Gasteiger charge is 2.21. The monoisotopic (exact) mass is 251 g/mol. The molecule has 0 saturated carbocycles. The summed E-state index contributed by atoms with van der Waals surface area (Å²) in [5.41, 5.74) is -0.332. The lowest BCUT2D eigenvalue weighted by Gasteiger charge is -2.01. The summed E-state index contributed by atoms with van der Waals surface area (Å²) in [6, 6.07) is 0. The Morgan fingerprint density at radius 1 is 1.46 bits per heavy atom. The molecule has 0 N–H and O–H groups in total. The topological polar surface area (TPSA) is 65.0 Å². The third-order valence-corrected chi connectivity index (χ3v) is 1.55. The van der Waals surface area contributed by atoms with Crippen molar-refractivity contribution in [3.63, 3.8) is 0 Å². The summed E-state index contributed by atoms with van der Waals surface area (Å²) in [5.74, 6) is -1.24. The van der Waals surface area contributed by atoms with Gasteiger partial charge in [0.05, 0.1) is 11.9 Å². The molecule has 0 amide bonds. The minimum atomic E-state index is -0.770. The second kappa shape index (κ2) is 6.59. The number of nitrogens with zero attached hydrogens (tertiary/aromatic N) is 1. The van der Waals surface area contributed by atoms with Crippen molar-refractivity contribution in [1.82, 2.24) is 0 Å². The van der Waals surface area contributed by atoms with E-state index in [-0.39, 0.29) is 17.6 Å². The van der Waals surface area contributed by atoms with E-state index in [9.17, 15) is 9.59 Å². The van der Waals surface area contributed by atoms with Crippen LogP contribution in [-0.2, 0) is 19.2 Å². The predicted octanol–water partition coefficient (Wildman–Crippen LogP) is 0.516. The van der Waals surface area contributed by atoms with Crippen molar-refractivity contribution in [2.24, 2.45) is 5.16 Å².